The normalized spacial score (nSPS) is 9.83. The van der Waals surface area contributed by atoms with Gasteiger partial charge >= 0.3 is 5.97 Å². The molecule has 0 fully saturated rings. The standard InChI is InChI=1S/C12H13NO5/c1-18-12(15)8-4-7-11(14)9-5-2-3-6-10(9)13(16)17/h2-3,5-6H,4,7-8H2,1H3. The molecule has 0 saturated heterocycles. The highest BCUT2D eigenvalue weighted by molar-refractivity contribution is 5.99. The minimum Gasteiger partial charge on any atom is -0.469 e. The third-order valence-electron chi connectivity index (χ3n) is 2.41. The van der Waals surface area contributed by atoms with Crippen LogP contribution in [-0.2, 0) is 9.53 Å². The summed E-state index contributed by atoms with van der Waals surface area (Å²) < 4.78 is 4.44. The molecule has 6 heteroatoms. The largest absolute Gasteiger partial charge is 0.469 e. The van der Waals surface area contributed by atoms with Crippen LogP contribution in [0.4, 0.5) is 5.69 Å². The van der Waals surface area contributed by atoms with Crippen molar-refractivity contribution < 1.29 is 19.2 Å². The van der Waals surface area contributed by atoms with Gasteiger partial charge in [0.25, 0.3) is 5.69 Å². The van der Waals surface area contributed by atoms with E-state index in [-0.39, 0.29) is 29.9 Å². The second-order valence-corrected chi connectivity index (χ2v) is 3.63. The summed E-state index contributed by atoms with van der Waals surface area (Å²) in [6, 6.07) is 5.77. The predicted octanol–water partition coefficient (Wildman–Crippen LogP) is 2.12. The number of carbonyl (C=O) groups excluding carboxylic acids is 2. The van der Waals surface area contributed by atoms with Gasteiger partial charge in [-0.2, -0.15) is 0 Å². The smallest absolute Gasteiger partial charge is 0.305 e. The van der Waals surface area contributed by atoms with Crippen molar-refractivity contribution >= 4 is 17.4 Å². The van der Waals surface area contributed by atoms with E-state index in [9.17, 15) is 19.7 Å². The van der Waals surface area contributed by atoms with Crippen molar-refractivity contribution in [1.82, 2.24) is 0 Å². The maximum absolute atomic E-state index is 11.8. The first kappa shape index (κ1) is 13.8. The molecule has 0 amide bonds. The van der Waals surface area contributed by atoms with Crippen LogP contribution in [0.25, 0.3) is 0 Å². The number of benzene rings is 1. The van der Waals surface area contributed by atoms with E-state index >= 15 is 0 Å². The number of rotatable bonds is 6. The first-order valence-electron chi connectivity index (χ1n) is 5.39. The molecule has 18 heavy (non-hydrogen) atoms. The molecule has 0 N–H and O–H groups in total. The molecule has 0 radical (unpaired) electrons. The number of para-hydroxylation sites is 1. The molecule has 1 aromatic rings. The van der Waals surface area contributed by atoms with Crippen molar-refractivity contribution in [3.63, 3.8) is 0 Å². The SMILES string of the molecule is COC(=O)CCCC(=O)c1ccccc1[N+](=O)[O-]. The average molecular weight is 251 g/mol. The van der Waals surface area contributed by atoms with Gasteiger partial charge in [-0.25, -0.2) is 0 Å². The van der Waals surface area contributed by atoms with E-state index in [1.807, 2.05) is 0 Å². The molecule has 0 aromatic heterocycles. The van der Waals surface area contributed by atoms with Crippen LogP contribution >= 0.6 is 0 Å². The van der Waals surface area contributed by atoms with Gasteiger partial charge in [-0.3, -0.25) is 19.7 Å². The minimum absolute atomic E-state index is 0.0763. The Balaban J connectivity index is 2.67. The van der Waals surface area contributed by atoms with E-state index in [0.717, 1.165) is 0 Å². The molecule has 1 rings (SSSR count). The van der Waals surface area contributed by atoms with Crippen molar-refractivity contribution in [2.75, 3.05) is 7.11 Å². The van der Waals surface area contributed by atoms with E-state index in [1.54, 1.807) is 6.07 Å². The topological polar surface area (TPSA) is 86.5 Å². The number of Topliss-reactive ketones (excluding diaryl/α,β-unsaturated/α-hetero) is 1. The lowest BCUT2D eigenvalue weighted by Crippen LogP contribution is -2.06. The lowest BCUT2D eigenvalue weighted by Gasteiger charge is -2.02. The summed E-state index contributed by atoms with van der Waals surface area (Å²) in [6.45, 7) is 0. The van der Waals surface area contributed by atoms with E-state index in [1.165, 1.54) is 25.3 Å². The summed E-state index contributed by atoms with van der Waals surface area (Å²) in [4.78, 5) is 32.8. The molecule has 0 unspecified atom stereocenters. The van der Waals surface area contributed by atoms with Gasteiger partial charge in [0.15, 0.2) is 5.78 Å². The van der Waals surface area contributed by atoms with Gasteiger partial charge in [0, 0.05) is 18.9 Å². The summed E-state index contributed by atoms with van der Waals surface area (Å²) >= 11 is 0. The first-order valence-corrected chi connectivity index (χ1v) is 5.39. The lowest BCUT2D eigenvalue weighted by molar-refractivity contribution is -0.385. The van der Waals surface area contributed by atoms with Crippen LogP contribution in [0, 0.1) is 10.1 Å². The summed E-state index contributed by atoms with van der Waals surface area (Å²) in [5.74, 6) is -0.739. The third-order valence-corrected chi connectivity index (χ3v) is 2.41. The highest BCUT2D eigenvalue weighted by Crippen LogP contribution is 2.20. The number of ether oxygens (including phenoxy) is 1. The molecule has 0 bridgehead atoms. The van der Waals surface area contributed by atoms with Crippen molar-refractivity contribution in [2.24, 2.45) is 0 Å². The molecule has 0 aliphatic rings. The highest BCUT2D eigenvalue weighted by atomic mass is 16.6. The molecule has 0 saturated carbocycles. The van der Waals surface area contributed by atoms with Crippen molar-refractivity contribution in [3.8, 4) is 0 Å². The first-order chi connectivity index (χ1) is 8.56. The van der Waals surface area contributed by atoms with Crippen LogP contribution in [0.3, 0.4) is 0 Å². The molecule has 1 aromatic carbocycles. The fourth-order valence-electron chi connectivity index (χ4n) is 1.50. The van der Waals surface area contributed by atoms with Crippen LogP contribution in [-0.4, -0.2) is 23.8 Å². The predicted molar refractivity (Wildman–Crippen MR) is 63.3 cm³/mol. The number of nitro benzene ring substituents is 1. The number of esters is 1. The number of hydrogen-bond acceptors (Lipinski definition) is 5. The minimum atomic E-state index is -0.590. The number of ketones is 1. The Morgan fingerprint density at radius 2 is 1.94 bits per heavy atom. The quantitative estimate of drug-likeness (QED) is 0.334. The fraction of sp³-hybridized carbons (Fsp3) is 0.333. The van der Waals surface area contributed by atoms with Crippen LogP contribution in [0.2, 0.25) is 0 Å². The van der Waals surface area contributed by atoms with E-state index in [0.29, 0.717) is 6.42 Å². The van der Waals surface area contributed by atoms with Crippen LogP contribution in [0.15, 0.2) is 24.3 Å². The maximum Gasteiger partial charge on any atom is 0.305 e. The number of methoxy groups -OCH3 is 1. The second-order valence-electron chi connectivity index (χ2n) is 3.63. The Morgan fingerprint density at radius 1 is 1.28 bits per heavy atom. The number of nitro groups is 1. The number of hydrogen-bond donors (Lipinski definition) is 0. The monoisotopic (exact) mass is 251 g/mol. The lowest BCUT2D eigenvalue weighted by atomic mass is 10.0. The van der Waals surface area contributed by atoms with Gasteiger partial charge in [0.05, 0.1) is 17.6 Å². The molecule has 96 valence electrons. The number of nitrogens with zero attached hydrogens (tertiary/aromatic N) is 1. The molecule has 0 aliphatic heterocycles. The van der Waals surface area contributed by atoms with Crippen LogP contribution in [0.1, 0.15) is 29.6 Å². The molecule has 0 heterocycles. The Kier molecular flexibility index (Phi) is 4.98. The van der Waals surface area contributed by atoms with E-state index in [2.05, 4.69) is 4.74 Å². The van der Waals surface area contributed by atoms with E-state index < -0.39 is 10.9 Å². The maximum atomic E-state index is 11.8. The van der Waals surface area contributed by atoms with Gasteiger partial charge in [-0.05, 0) is 12.5 Å². The Morgan fingerprint density at radius 3 is 2.56 bits per heavy atom. The van der Waals surface area contributed by atoms with Crippen molar-refractivity contribution in [2.45, 2.75) is 19.3 Å². The zero-order valence-electron chi connectivity index (χ0n) is 9.92. The summed E-state index contributed by atoms with van der Waals surface area (Å²) in [6.07, 6.45) is 0.528. The zero-order valence-corrected chi connectivity index (χ0v) is 9.92. The Bertz CT molecular complexity index is 469. The van der Waals surface area contributed by atoms with E-state index in [4.69, 9.17) is 0 Å². The molecule has 0 atom stereocenters. The third kappa shape index (κ3) is 3.65. The molecule has 0 aliphatic carbocycles. The van der Waals surface area contributed by atoms with Gasteiger partial charge in [-0.1, -0.05) is 12.1 Å². The summed E-state index contributed by atoms with van der Waals surface area (Å²) in [7, 11) is 1.27. The molecular weight excluding hydrogens is 238 g/mol. The summed E-state index contributed by atoms with van der Waals surface area (Å²) in [5, 5.41) is 10.7. The van der Waals surface area contributed by atoms with Crippen LogP contribution < -0.4 is 0 Å². The highest BCUT2D eigenvalue weighted by Gasteiger charge is 2.18. The molecule has 6 nitrogen and oxygen atoms in total. The number of carbonyl (C=O) groups is 2. The van der Waals surface area contributed by atoms with Gasteiger partial charge < -0.3 is 4.74 Å². The summed E-state index contributed by atoms with van der Waals surface area (Å²) in [5.41, 5.74) is -0.132. The van der Waals surface area contributed by atoms with Gasteiger partial charge in [0.1, 0.15) is 0 Å². The molecular formula is C12H13NO5. The van der Waals surface area contributed by atoms with Gasteiger partial charge in [-0.15, -0.1) is 0 Å². The average Bonchev–Trinajstić information content (AvgIpc) is 2.38. The van der Waals surface area contributed by atoms with Crippen molar-refractivity contribution in [1.29, 1.82) is 0 Å². The zero-order chi connectivity index (χ0) is 13.5. The van der Waals surface area contributed by atoms with Crippen molar-refractivity contribution in [3.05, 3.63) is 39.9 Å². The second kappa shape index (κ2) is 6.48. The Labute approximate surface area is 104 Å². The fourth-order valence-corrected chi connectivity index (χ4v) is 1.50. The Hall–Kier alpha value is -2.24. The van der Waals surface area contributed by atoms with Gasteiger partial charge in [0.2, 0.25) is 0 Å². The molecule has 0 spiro atoms. The van der Waals surface area contributed by atoms with Crippen LogP contribution in [0.5, 0.6) is 0 Å².